The van der Waals surface area contributed by atoms with Gasteiger partial charge in [0, 0.05) is 6.20 Å². The maximum atomic E-state index is 11.2. The van der Waals surface area contributed by atoms with Gasteiger partial charge in [0.1, 0.15) is 11.9 Å². The van der Waals surface area contributed by atoms with Crippen LogP contribution in [0.4, 0.5) is 0 Å². The predicted octanol–water partition coefficient (Wildman–Crippen LogP) is 0.662. The van der Waals surface area contributed by atoms with Crippen molar-refractivity contribution in [2.45, 2.75) is 6.92 Å². The summed E-state index contributed by atoms with van der Waals surface area (Å²) in [6, 6.07) is 0. The van der Waals surface area contributed by atoms with Crippen LogP contribution in [0.25, 0.3) is 0 Å². The van der Waals surface area contributed by atoms with Crippen LogP contribution >= 0.6 is 0 Å². The average molecular weight is 182 g/mol. The second-order valence-electron chi connectivity index (χ2n) is 2.17. The van der Waals surface area contributed by atoms with E-state index >= 15 is 0 Å². The minimum absolute atomic E-state index is 0.230. The van der Waals surface area contributed by atoms with Gasteiger partial charge in [-0.25, -0.2) is 14.8 Å². The standard InChI is InChI=1S/C8H10N2O3/c1-3-13-8(11)6-4-9-5-10-7(6)12-2/h4-5H,3H2,1-2H3. The van der Waals surface area contributed by atoms with Gasteiger partial charge in [-0.05, 0) is 6.92 Å². The van der Waals surface area contributed by atoms with Crippen LogP contribution in [0, 0.1) is 0 Å². The molecule has 0 aliphatic rings. The summed E-state index contributed by atoms with van der Waals surface area (Å²) in [5.41, 5.74) is 0.242. The second-order valence-corrected chi connectivity index (χ2v) is 2.17. The van der Waals surface area contributed by atoms with Crippen molar-refractivity contribution in [3.05, 3.63) is 18.1 Å². The Bertz CT molecular complexity index is 301. The van der Waals surface area contributed by atoms with E-state index in [1.165, 1.54) is 19.6 Å². The summed E-state index contributed by atoms with van der Waals surface area (Å²) >= 11 is 0. The maximum Gasteiger partial charge on any atom is 0.345 e. The Kier molecular flexibility index (Phi) is 3.19. The summed E-state index contributed by atoms with van der Waals surface area (Å²) in [6.45, 7) is 2.05. The predicted molar refractivity (Wildman–Crippen MR) is 44.5 cm³/mol. The van der Waals surface area contributed by atoms with E-state index in [0.717, 1.165) is 0 Å². The molecule has 0 saturated heterocycles. The topological polar surface area (TPSA) is 61.3 Å². The van der Waals surface area contributed by atoms with Gasteiger partial charge in [0.2, 0.25) is 5.88 Å². The zero-order chi connectivity index (χ0) is 9.68. The summed E-state index contributed by atoms with van der Waals surface area (Å²) in [4.78, 5) is 18.7. The molecule has 0 saturated carbocycles. The molecular formula is C8H10N2O3. The van der Waals surface area contributed by atoms with Gasteiger partial charge < -0.3 is 9.47 Å². The van der Waals surface area contributed by atoms with Crippen LogP contribution in [0.5, 0.6) is 5.88 Å². The largest absolute Gasteiger partial charge is 0.480 e. The lowest BCUT2D eigenvalue weighted by molar-refractivity contribution is 0.0521. The Labute approximate surface area is 75.7 Å². The van der Waals surface area contributed by atoms with Gasteiger partial charge >= 0.3 is 5.97 Å². The molecule has 0 aromatic carbocycles. The van der Waals surface area contributed by atoms with Crippen molar-refractivity contribution in [3.63, 3.8) is 0 Å². The number of hydrogen-bond donors (Lipinski definition) is 0. The molecule has 5 heteroatoms. The van der Waals surface area contributed by atoms with Crippen molar-refractivity contribution < 1.29 is 14.3 Å². The highest BCUT2D eigenvalue weighted by Gasteiger charge is 2.13. The number of nitrogens with zero attached hydrogens (tertiary/aromatic N) is 2. The normalized spacial score (nSPS) is 9.38. The fraction of sp³-hybridized carbons (Fsp3) is 0.375. The van der Waals surface area contributed by atoms with Crippen LogP contribution in [-0.4, -0.2) is 29.7 Å². The molecule has 5 nitrogen and oxygen atoms in total. The Morgan fingerprint density at radius 1 is 1.62 bits per heavy atom. The summed E-state index contributed by atoms with van der Waals surface area (Å²) in [6.07, 6.45) is 2.67. The number of hydrogen-bond acceptors (Lipinski definition) is 5. The maximum absolute atomic E-state index is 11.2. The van der Waals surface area contributed by atoms with Gasteiger partial charge in [-0.1, -0.05) is 0 Å². The van der Waals surface area contributed by atoms with Crippen molar-refractivity contribution >= 4 is 5.97 Å². The summed E-state index contributed by atoms with van der Waals surface area (Å²) < 4.78 is 9.63. The minimum Gasteiger partial charge on any atom is -0.480 e. The molecule has 0 radical (unpaired) electrons. The first-order chi connectivity index (χ1) is 6.29. The Morgan fingerprint density at radius 3 is 3.00 bits per heavy atom. The van der Waals surface area contributed by atoms with Gasteiger partial charge in [0.25, 0.3) is 0 Å². The van der Waals surface area contributed by atoms with Gasteiger partial charge in [-0.15, -0.1) is 0 Å². The minimum atomic E-state index is -0.472. The third-order valence-corrected chi connectivity index (χ3v) is 1.36. The zero-order valence-corrected chi connectivity index (χ0v) is 7.48. The third-order valence-electron chi connectivity index (χ3n) is 1.36. The van der Waals surface area contributed by atoms with E-state index in [2.05, 4.69) is 9.97 Å². The molecule has 0 amide bonds. The lowest BCUT2D eigenvalue weighted by Gasteiger charge is -2.04. The monoisotopic (exact) mass is 182 g/mol. The van der Waals surface area contributed by atoms with Crippen LogP contribution in [-0.2, 0) is 4.74 Å². The van der Waals surface area contributed by atoms with Gasteiger partial charge in [-0.2, -0.15) is 0 Å². The Hall–Kier alpha value is -1.65. The SMILES string of the molecule is CCOC(=O)c1cncnc1OC. The molecule has 0 N–H and O–H groups in total. The van der Waals surface area contributed by atoms with Crippen molar-refractivity contribution in [2.24, 2.45) is 0 Å². The smallest absolute Gasteiger partial charge is 0.345 e. The quantitative estimate of drug-likeness (QED) is 0.642. The van der Waals surface area contributed by atoms with Crippen LogP contribution in [0.15, 0.2) is 12.5 Å². The van der Waals surface area contributed by atoms with Crippen molar-refractivity contribution in [3.8, 4) is 5.88 Å². The fourth-order valence-electron chi connectivity index (χ4n) is 0.830. The number of carbonyl (C=O) groups is 1. The molecule has 0 aliphatic carbocycles. The molecule has 0 fully saturated rings. The van der Waals surface area contributed by atoms with E-state index in [4.69, 9.17) is 9.47 Å². The highest BCUT2D eigenvalue weighted by molar-refractivity contribution is 5.91. The van der Waals surface area contributed by atoms with E-state index in [1.54, 1.807) is 6.92 Å². The molecule has 13 heavy (non-hydrogen) atoms. The van der Waals surface area contributed by atoms with E-state index in [9.17, 15) is 4.79 Å². The third kappa shape index (κ3) is 2.14. The van der Waals surface area contributed by atoms with E-state index < -0.39 is 5.97 Å². The first-order valence-corrected chi connectivity index (χ1v) is 3.80. The second kappa shape index (κ2) is 4.39. The Morgan fingerprint density at radius 2 is 2.38 bits per heavy atom. The number of carbonyl (C=O) groups excluding carboxylic acids is 1. The van der Waals surface area contributed by atoms with Crippen LogP contribution < -0.4 is 4.74 Å². The molecule has 0 atom stereocenters. The Balaban J connectivity index is 2.92. The number of methoxy groups -OCH3 is 1. The van der Waals surface area contributed by atoms with Crippen LogP contribution in [0.1, 0.15) is 17.3 Å². The number of esters is 1. The molecule has 0 aliphatic heterocycles. The van der Waals surface area contributed by atoms with Crippen molar-refractivity contribution in [1.82, 2.24) is 9.97 Å². The molecule has 1 heterocycles. The van der Waals surface area contributed by atoms with Gasteiger partial charge in [-0.3, -0.25) is 0 Å². The van der Waals surface area contributed by atoms with Crippen LogP contribution in [0.2, 0.25) is 0 Å². The van der Waals surface area contributed by atoms with E-state index in [1.807, 2.05) is 0 Å². The van der Waals surface area contributed by atoms with Crippen molar-refractivity contribution in [1.29, 1.82) is 0 Å². The van der Waals surface area contributed by atoms with Crippen LogP contribution in [0.3, 0.4) is 0 Å². The molecule has 0 bridgehead atoms. The molecule has 0 unspecified atom stereocenters. The zero-order valence-electron chi connectivity index (χ0n) is 7.48. The number of rotatable bonds is 3. The lowest BCUT2D eigenvalue weighted by atomic mass is 10.3. The summed E-state index contributed by atoms with van der Waals surface area (Å²) in [7, 11) is 1.44. The molecule has 0 spiro atoms. The molecular weight excluding hydrogens is 172 g/mol. The van der Waals surface area contributed by atoms with E-state index in [-0.39, 0.29) is 11.4 Å². The first kappa shape index (κ1) is 9.44. The lowest BCUT2D eigenvalue weighted by Crippen LogP contribution is -2.08. The highest BCUT2D eigenvalue weighted by atomic mass is 16.5. The fourth-order valence-corrected chi connectivity index (χ4v) is 0.830. The molecule has 1 aromatic rings. The molecule has 70 valence electrons. The number of aromatic nitrogens is 2. The van der Waals surface area contributed by atoms with Gasteiger partial charge in [0.05, 0.1) is 13.7 Å². The summed E-state index contributed by atoms with van der Waals surface area (Å²) in [5, 5.41) is 0. The molecule has 1 rings (SSSR count). The summed E-state index contributed by atoms with van der Waals surface area (Å²) in [5.74, 6) is -0.242. The average Bonchev–Trinajstić information content (AvgIpc) is 2.18. The number of ether oxygens (including phenoxy) is 2. The van der Waals surface area contributed by atoms with Crippen molar-refractivity contribution in [2.75, 3.05) is 13.7 Å². The molecule has 1 aromatic heterocycles. The first-order valence-electron chi connectivity index (χ1n) is 3.80. The van der Waals surface area contributed by atoms with E-state index in [0.29, 0.717) is 6.61 Å². The highest BCUT2D eigenvalue weighted by Crippen LogP contribution is 2.12. The van der Waals surface area contributed by atoms with Gasteiger partial charge in [0.15, 0.2) is 0 Å².